The van der Waals surface area contributed by atoms with Gasteiger partial charge in [-0.3, -0.25) is 19.4 Å². The Bertz CT molecular complexity index is 1040. The van der Waals surface area contributed by atoms with E-state index in [9.17, 15) is 14.4 Å². The first kappa shape index (κ1) is 21.5. The van der Waals surface area contributed by atoms with E-state index in [1.54, 1.807) is 41.3 Å². The third kappa shape index (κ3) is 4.34. The van der Waals surface area contributed by atoms with Crippen LogP contribution in [-0.2, 0) is 14.4 Å². The number of hydrogen-bond donors (Lipinski definition) is 1. The van der Waals surface area contributed by atoms with Gasteiger partial charge in [-0.2, -0.15) is 5.10 Å². The Hall–Kier alpha value is -3.68. The number of hydrogen-bond acceptors (Lipinski definition) is 6. The zero-order chi connectivity index (χ0) is 22.7. The van der Waals surface area contributed by atoms with E-state index in [2.05, 4.69) is 10.4 Å². The fourth-order valence-corrected chi connectivity index (χ4v) is 4.12. The fraction of sp³-hybridized carbons (Fsp3) is 0.333. The number of hydrazone groups is 1. The van der Waals surface area contributed by atoms with Crippen LogP contribution in [0, 0.1) is 0 Å². The van der Waals surface area contributed by atoms with E-state index >= 15 is 0 Å². The second-order valence-corrected chi connectivity index (χ2v) is 7.93. The highest BCUT2D eigenvalue weighted by Gasteiger charge is 2.40. The Balaban J connectivity index is 1.50. The van der Waals surface area contributed by atoms with Crippen molar-refractivity contribution in [2.45, 2.75) is 38.3 Å². The molecule has 4 rings (SSSR count). The number of ether oxygens (including phenoxy) is 1. The second-order valence-electron chi connectivity index (χ2n) is 7.93. The number of carbonyl (C=O) groups excluding carboxylic acids is 3. The molecule has 1 fully saturated rings. The van der Waals surface area contributed by atoms with Crippen molar-refractivity contribution in [1.29, 1.82) is 0 Å². The van der Waals surface area contributed by atoms with Gasteiger partial charge in [0.1, 0.15) is 23.5 Å². The van der Waals surface area contributed by atoms with Crippen LogP contribution in [0.4, 0.5) is 11.4 Å². The quantitative estimate of drug-likeness (QED) is 0.755. The molecule has 2 unspecified atom stereocenters. The van der Waals surface area contributed by atoms with E-state index in [-0.39, 0.29) is 24.0 Å². The molecule has 0 saturated carbocycles. The SMILES string of the molecule is COc1ccc(NC(=O)C2CCCN2C(=O)C2=NN(c3ccccc3)C(C(C)=O)C2)cc1. The van der Waals surface area contributed by atoms with Gasteiger partial charge in [-0.05, 0) is 56.2 Å². The molecule has 8 heteroatoms. The molecule has 0 bridgehead atoms. The van der Waals surface area contributed by atoms with Crippen LogP contribution < -0.4 is 15.1 Å². The van der Waals surface area contributed by atoms with E-state index < -0.39 is 12.1 Å². The third-order valence-corrected chi connectivity index (χ3v) is 5.82. The molecule has 0 spiro atoms. The first-order valence-electron chi connectivity index (χ1n) is 10.7. The smallest absolute Gasteiger partial charge is 0.270 e. The molecule has 32 heavy (non-hydrogen) atoms. The van der Waals surface area contributed by atoms with Crippen LogP contribution >= 0.6 is 0 Å². The number of nitrogens with zero attached hydrogens (tertiary/aromatic N) is 3. The van der Waals surface area contributed by atoms with Crippen molar-refractivity contribution in [3.8, 4) is 5.75 Å². The van der Waals surface area contributed by atoms with Gasteiger partial charge in [-0.15, -0.1) is 0 Å². The molecule has 8 nitrogen and oxygen atoms in total. The minimum atomic E-state index is -0.575. The van der Waals surface area contributed by atoms with Crippen LogP contribution in [0.15, 0.2) is 59.7 Å². The number of benzene rings is 2. The lowest BCUT2D eigenvalue weighted by Crippen LogP contribution is -2.46. The van der Waals surface area contributed by atoms with Gasteiger partial charge < -0.3 is 15.0 Å². The van der Waals surface area contributed by atoms with Crippen LogP contribution in [0.2, 0.25) is 0 Å². The fourth-order valence-electron chi connectivity index (χ4n) is 4.12. The van der Waals surface area contributed by atoms with Crippen molar-refractivity contribution in [3.63, 3.8) is 0 Å². The molecule has 2 amide bonds. The number of Topliss-reactive ketones (excluding diaryl/α,β-unsaturated/α-hetero) is 1. The van der Waals surface area contributed by atoms with Gasteiger partial charge in [0.05, 0.1) is 12.8 Å². The Morgan fingerprint density at radius 3 is 2.41 bits per heavy atom. The summed E-state index contributed by atoms with van der Waals surface area (Å²) >= 11 is 0. The molecular formula is C24H26N4O4. The van der Waals surface area contributed by atoms with E-state index in [1.165, 1.54) is 6.92 Å². The van der Waals surface area contributed by atoms with Gasteiger partial charge in [0.2, 0.25) is 5.91 Å². The standard InChI is InChI=1S/C24H26N4O4/c1-16(29)22-15-20(26-28(22)18-7-4-3-5-8-18)24(31)27-14-6-9-21(27)23(30)25-17-10-12-19(32-2)13-11-17/h3-5,7-8,10-13,21-22H,6,9,14-15H2,1-2H3,(H,25,30). The van der Waals surface area contributed by atoms with Crippen molar-refractivity contribution in [2.24, 2.45) is 5.10 Å². The van der Waals surface area contributed by atoms with Gasteiger partial charge >= 0.3 is 0 Å². The van der Waals surface area contributed by atoms with Crippen LogP contribution in [0.5, 0.6) is 5.75 Å². The van der Waals surface area contributed by atoms with E-state index in [4.69, 9.17) is 4.74 Å². The summed E-state index contributed by atoms with van der Waals surface area (Å²) in [6, 6.07) is 15.3. The van der Waals surface area contributed by atoms with Gasteiger partial charge in [0.25, 0.3) is 5.91 Å². The van der Waals surface area contributed by atoms with Crippen LogP contribution in [-0.4, -0.2) is 53.9 Å². The lowest BCUT2D eigenvalue weighted by atomic mass is 10.1. The van der Waals surface area contributed by atoms with E-state index in [1.807, 2.05) is 30.3 Å². The molecule has 0 aromatic heterocycles. The summed E-state index contributed by atoms with van der Waals surface area (Å²) in [7, 11) is 1.58. The third-order valence-electron chi connectivity index (χ3n) is 5.82. The number of nitrogens with one attached hydrogen (secondary N) is 1. The maximum Gasteiger partial charge on any atom is 0.270 e. The highest BCUT2D eigenvalue weighted by atomic mass is 16.5. The van der Waals surface area contributed by atoms with Crippen molar-refractivity contribution in [2.75, 3.05) is 24.0 Å². The Labute approximate surface area is 186 Å². The van der Waals surface area contributed by atoms with E-state index in [0.29, 0.717) is 30.1 Å². The van der Waals surface area contributed by atoms with Crippen LogP contribution in [0.1, 0.15) is 26.2 Å². The average Bonchev–Trinajstić information content (AvgIpc) is 3.48. The van der Waals surface area contributed by atoms with Crippen LogP contribution in [0.25, 0.3) is 0 Å². The second kappa shape index (κ2) is 9.21. The van der Waals surface area contributed by atoms with Gasteiger partial charge in [0.15, 0.2) is 5.78 Å². The van der Waals surface area contributed by atoms with Gasteiger partial charge in [-0.1, -0.05) is 18.2 Å². The lowest BCUT2D eigenvalue weighted by molar-refractivity contribution is -0.131. The number of methoxy groups -OCH3 is 1. The zero-order valence-electron chi connectivity index (χ0n) is 18.2. The Morgan fingerprint density at radius 2 is 1.75 bits per heavy atom. The summed E-state index contributed by atoms with van der Waals surface area (Å²) in [5, 5.41) is 8.98. The number of likely N-dealkylation sites (tertiary alicyclic amines) is 1. The van der Waals surface area contributed by atoms with Crippen molar-refractivity contribution < 1.29 is 19.1 Å². The number of ketones is 1. The average molecular weight is 434 g/mol. The zero-order valence-corrected chi connectivity index (χ0v) is 18.2. The minimum Gasteiger partial charge on any atom is -0.497 e. The monoisotopic (exact) mass is 434 g/mol. The molecule has 1 N–H and O–H groups in total. The predicted octanol–water partition coefficient (Wildman–Crippen LogP) is 2.85. The minimum absolute atomic E-state index is 0.0596. The topological polar surface area (TPSA) is 91.3 Å². The van der Waals surface area contributed by atoms with Gasteiger partial charge in [0, 0.05) is 18.7 Å². The summed E-state index contributed by atoms with van der Waals surface area (Å²) in [6.07, 6.45) is 1.55. The molecule has 2 aromatic rings. The highest BCUT2D eigenvalue weighted by Crippen LogP contribution is 2.28. The van der Waals surface area contributed by atoms with Crippen molar-refractivity contribution in [3.05, 3.63) is 54.6 Å². The Morgan fingerprint density at radius 1 is 1.03 bits per heavy atom. The molecule has 2 aromatic carbocycles. The first-order chi connectivity index (χ1) is 15.5. The number of rotatable bonds is 6. The molecule has 2 atom stereocenters. The maximum absolute atomic E-state index is 13.3. The first-order valence-corrected chi connectivity index (χ1v) is 10.7. The Kier molecular flexibility index (Phi) is 6.20. The van der Waals surface area contributed by atoms with Gasteiger partial charge in [-0.25, -0.2) is 0 Å². The number of para-hydroxylation sites is 1. The lowest BCUT2D eigenvalue weighted by Gasteiger charge is -2.23. The summed E-state index contributed by atoms with van der Waals surface area (Å²) in [4.78, 5) is 40.0. The maximum atomic E-state index is 13.3. The molecule has 1 saturated heterocycles. The molecule has 2 aliphatic heterocycles. The predicted molar refractivity (Wildman–Crippen MR) is 122 cm³/mol. The van der Waals surface area contributed by atoms with Crippen LogP contribution in [0.3, 0.4) is 0 Å². The molecule has 166 valence electrons. The number of anilines is 2. The highest BCUT2D eigenvalue weighted by molar-refractivity contribution is 6.40. The molecule has 0 aliphatic carbocycles. The molecular weight excluding hydrogens is 408 g/mol. The summed E-state index contributed by atoms with van der Waals surface area (Å²) in [5.74, 6) is 0.114. The summed E-state index contributed by atoms with van der Waals surface area (Å²) in [5.41, 5.74) is 1.70. The summed E-state index contributed by atoms with van der Waals surface area (Å²) < 4.78 is 5.14. The number of carbonyl (C=O) groups is 3. The van der Waals surface area contributed by atoms with Crippen molar-refractivity contribution in [1.82, 2.24) is 4.90 Å². The molecule has 0 radical (unpaired) electrons. The summed E-state index contributed by atoms with van der Waals surface area (Å²) in [6.45, 7) is 1.99. The normalized spacial score (nSPS) is 20.1. The van der Waals surface area contributed by atoms with Crippen molar-refractivity contribution >= 4 is 34.7 Å². The molecule has 2 heterocycles. The molecule has 2 aliphatic rings. The number of amides is 2. The van der Waals surface area contributed by atoms with E-state index in [0.717, 1.165) is 12.1 Å². The largest absolute Gasteiger partial charge is 0.497 e.